The third kappa shape index (κ3) is 4.54. The first kappa shape index (κ1) is 21.6. The van der Waals surface area contributed by atoms with Crippen LogP contribution >= 0.6 is 0 Å². The highest BCUT2D eigenvalue weighted by Gasteiger charge is 2.36. The molecule has 0 amide bonds. The normalized spacial score (nSPS) is 17.5. The number of hydrogen-bond acceptors (Lipinski definition) is 2. The van der Waals surface area contributed by atoms with E-state index in [1.54, 1.807) is 18.2 Å². The van der Waals surface area contributed by atoms with E-state index >= 15 is 0 Å². The second-order valence-corrected chi connectivity index (χ2v) is 9.23. The van der Waals surface area contributed by atoms with Crippen LogP contribution < -0.4 is 0 Å². The lowest BCUT2D eigenvalue weighted by Gasteiger charge is -2.42. The fourth-order valence-electron chi connectivity index (χ4n) is 4.10. The predicted octanol–water partition coefficient (Wildman–Crippen LogP) is 5.92. The number of carboxylic acid groups (broad SMARTS) is 2. The summed E-state index contributed by atoms with van der Waals surface area (Å²) in [5.74, 6) is -2.07. The SMILES string of the molecule is CC1(C)CCC(C)(C)c2cc(C=C(C=CC(=O)O)c3cccc(C(=O)O)c3)ccc21. The zero-order valence-electron chi connectivity index (χ0n) is 17.9. The average Bonchev–Trinajstić information content (AvgIpc) is 2.68. The van der Waals surface area contributed by atoms with Gasteiger partial charge < -0.3 is 10.2 Å². The lowest BCUT2D eigenvalue weighted by atomic mass is 9.63. The second kappa shape index (κ2) is 7.94. The van der Waals surface area contributed by atoms with E-state index < -0.39 is 11.9 Å². The molecule has 4 heteroatoms. The first-order valence-electron chi connectivity index (χ1n) is 10.1. The molecule has 2 aromatic carbocycles. The Hall–Kier alpha value is -3.14. The van der Waals surface area contributed by atoms with Gasteiger partial charge in [-0.05, 0) is 75.8 Å². The molecular formula is C26H28O4. The number of rotatable bonds is 5. The highest BCUT2D eigenvalue weighted by atomic mass is 16.4. The van der Waals surface area contributed by atoms with E-state index in [1.807, 2.05) is 6.08 Å². The van der Waals surface area contributed by atoms with Gasteiger partial charge in [-0.2, -0.15) is 0 Å². The molecule has 30 heavy (non-hydrogen) atoms. The molecule has 0 atom stereocenters. The Morgan fingerprint density at radius 2 is 1.47 bits per heavy atom. The van der Waals surface area contributed by atoms with Crippen molar-refractivity contribution in [2.45, 2.75) is 51.4 Å². The Morgan fingerprint density at radius 3 is 2.10 bits per heavy atom. The predicted molar refractivity (Wildman–Crippen MR) is 120 cm³/mol. The molecule has 1 aliphatic carbocycles. The first-order valence-corrected chi connectivity index (χ1v) is 10.1. The van der Waals surface area contributed by atoms with E-state index in [9.17, 15) is 14.7 Å². The van der Waals surface area contributed by atoms with Crippen LogP contribution in [0.1, 0.15) is 73.1 Å². The van der Waals surface area contributed by atoms with E-state index in [1.165, 1.54) is 23.3 Å². The minimum absolute atomic E-state index is 0.0645. The molecule has 0 saturated heterocycles. The van der Waals surface area contributed by atoms with Crippen LogP contribution in [0.15, 0.2) is 54.6 Å². The maximum Gasteiger partial charge on any atom is 0.335 e. The summed E-state index contributed by atoms with van der Waals surface area (Å²) in [5, 5.41) is 18.4. The van der Waals surface area contributed by atoms with E-state index in [4.69, 9.17) is 5.11 Å². The molecule has 0 unspecified atom stereocenters. The molecule has 0 bridgehead atoms. The lowest BCUT2D eigenvalue weighted by molar-refractivity contribution is -0.131. The van der Waals surface area contributed by atoms with Gasteiger partial charge in [-0.3, -0.25) is 0 Å². The third-order valence-corrected chi connectivity index (χ3v) is 6.05. The minimum atomic E-state index is -1.05. The molecule has 0 fully saturated rings. The van der Waals surface area contributed by atoms with Gasteiger partial charge in [-0.15, -0.1) is 0 Å². The van der Waals surface area contributed by atoms with Crippen molar-refractivity contribution in [2.24, 2.45) is 0 Å². The van der Waals surface area contributed by atoms with Crippen LogP contribution in [0.25, 0.3) is 11.6 Å². The van der Waals surface area contributed by atoms with E-state index in [0.717, 1.165) is 24.5 Å². The second-order valence-electron chi connectivity index (χ2n) is 9.23. The number of carbonyl (C=O) groups is 2. The summed E-state index contributed by atoms with van der Waals surface area (Å²) >= 11 is 0. The monoisotopic (exact) mass is 404 g/mol. The van der Waals surface area contributed by atoms with Crippen LogP contribution in [-0.4, -0.2) is 22.2 Å². The number of fused-ring (bicyclic) bond motifs is 1. The fraction of sp³-hybridized carbons (Fsp3) is 0.308. The summed E-state index contributed by atoms with van der Waals surface area (Å²) in [6.07, 6.45) is 6.74. The number of allylic oxidation sites excluding steroid dienone is 2. The van der Waals surface area contributed by atoms with Gasteiger partial charge >= 0.3 is 11.9 Å². The highest BCUT2D eigenvalue weighted by Crippen LogP contribution is 2.46. The Morgan fingerprint density at radius 1 is 0.833 bits per heavy atom. The van der Waals surface area contributed by atoms with Crippen LogP contribution in [0.5, 0.6) is 0 Å². The molecule has 0 heterocycles. The van der Waals surface area contributed by atoms with Crippen LogP contribution in [0, 0.1) is 0 Å². The Kier molecular flexibility index (Phi) is 5.71. The van der Waals surface area contributed by atoms with Crippen LogP contribution in [0.4, 0.5) is 0 Å². The van der Waals surface area contributed by atoms with E-state index in [0.29, 0.717) is 11.1 Å². The maximum absolute atomic E-state index is 11.4. The third-order valence-electron chi connectivity index (χ3n) is 6.05. The Balaban J connectivity index is 2.13. The summed E-state index contributed by atoms with van der Waals surface area (Å²) in [4.78, 5) is 22.5. The summed E-state index contributed by atoms with van der Waals surface area (Å²) < 4.78 is 0. The molecule has 156 valence electrons. The summed E-state index contributed by atoms with van der Waals surface area (Å²) in [5.41, 5.74) is 5.28. The van der Waals surface area contributed by atoms with Gasteiger partial charge in [-0.1, -0.05) is 58.0 Å². The van der Waals surface area contributed by atoms with E-state index in [-0.39, 0.29) is 16.4 Å². The Bertz CT molecular complexity index is 1050. The number of benzene rings is 2. The first-order chi connectivity index (χ1) is 14.0. The standard InChI is InChI=1S/C26H28O4/c1-25(2)12-13-26(3,4)22-15-17(8-10-21(22)25)14-19(9-11-23(27)28)18-6-5-7-20(16-18)24(29)30/h5-11,14-16H,12-13H2,1-4H3,(H,27,28)(H,29,30). The number of aliphatic carboxylic acids is 1. The van der Waals surface area contributed by atoms with E-state index in [2.05, 4.69) is 45.9 Å². The van der Waals surface area contributed by atoms with Gasteiger partial charge in [-0.25, -0.2) is 9.59 Å². The van der Waals surface area contributed by atoms with Crippen molar-refractivity contribution >= 4 is 23.6 Å². The lowest BCUT2D eigenvalue weighted by Crippen LogP contribution is -2.33. The average molecular weight is 405 g/mol. The molecule has 4 nitrogen and oxygen atoms in total. The molecule has 0 saturated carbocycles. The quantitative estimate of drug-likeness (QED) is 0.369. The molecule has 0 radical (unpaired) electrons. The highest BCUT2D eigenvalue weighted by molar-refractivity contribution is 5.94. The zero-order chi connectivity index (χ0) is 22.1. The van der Waals surface area contributed by atoms with Crippen molar-refractivity contribution in [1.29, 1.82) is 0 Å². The van der Waals surface area contributed by atoms with Gasteiger partial charge in [0.15, 0.2) is 0 Å². The molecule has 0 aromatic heterocycles. The number of aromatic carboxylic acids is 1. The molecule has 2 N–H and O–H groups in total. The van der Waals surface area contributed by atoms with Crippen LogP contribution in [0.3, 0.4) is 0 Å². The van der Waals surface area contributed by atoms with Crippen LogP contribution in [-0.2, 0) is 15.6 Å². The topological polar surface area (TPSA) is 74.6 Å². The number of hydrogen-bond donors (Lipinski definition) is 2. The summed E-state index contributed by atoms with van der Waals surface area (Å²) in [6.45, 7) is 9.07. The zero-order valence-corrected chi connectivity index (χ0v) is 17.9. The Labute approximate surface area is 177 Å². The van der Waals surface area contributed by atoms with Gasteiger partial charge in [0, 0.05) is 6.08 Å². The largest absolute Gasteiger partial charge is 0.478 e. The number of carboxylic acids is 2. The fourth-order valence-corrected chi connectivity index (χ4v) is 4.10. The molecular weight excluding hydrogens is 376 g/mol. The molecule has 0 spiro atoms. The maximum atomic E-state index is 11.4. The van der Waals surface area contributed by atoms with Gasteiger partial charge in [0.05, 0.1) is 5.56 Å². The van der Waals surface area contributed by atoms with Gasteiger partial charge in [0.25, 0.3) is 0 Å². The van der Waals surface area contributed by atoms with Gasteiger partial charge in [0.2, 0.25) is 0 Å². The molecule has 0 aliphatic heterocycles. The molecule has 1 aliphatic rings. The van der Waals surface area contributed by atoms with Crippen molar-refractivity contribution in [3.05, 3.63) is 82.4 Å². The van der Waals surface area contributed by atoms with Crippen molar-refractivity contribution in [2.75, 3.05) is 0 Å². The van der Waals surface area contributed by atoms with Crippen molar-refractivity contribution < 1.29 is 19.8 Å². The van der Waals surface area contributed by atoms with Crippen LogP contribution in [0.2, 0.25) is 0 Å². The van der Waals surface area contributed by atoms with Crippen molar-refractivity contribution in [3.8, 4) is 0 Å². The van der Waals surface area contributed by atoms with Gasteiger partial charge in [0.1, 0.15) is 0 Å². The minimum Gasteiger partial charge on any atom is -0.478 e. The van der Waals surface area contributed by atoms with Crippen molar-refractivity contribution in [1.82, 2.24) is 0 Å². The summed E-state index contributed by atoms with van der Waals surface area (Å²) in [7, 11) is 0. The summed E-state index contributed by atoms with van der Waals surface area (Å²) in [6, 6.07) is 13.0. The smallest absolute Gasteiger partial charge is 0.335 e. The molecule has 3 rings (SSSR count). The van der Waals surface area contributed by atoms with Crippen molar-refractivity contribution in [3.63, 3.8) is 0 Å². The molecule has 2 aromatic rings.